The van der Waals surface area contributed by atoms with Gasteiger partial charge in [-0.05, 0) is 6.92 Å². The number of carbonyl (C=O) groups is 1. The van der Waals surface area contributed by atoms with Crippen LogP contribution in [0.3, 0.4) is 0 Å². The van der Waals surface area contributed by atoms with E-state index >= 15 is 0 Å². The van der Waals surface area contributed by atoms with Gasteiger partial charge in [0.15, 0.2) is 0 Å². The van der Waals surface area contributed by atoms with Crippen molar-refractivity contribution >= 4 is 5.97 Å². The second kappa shape index (κ2) is 2.51. The van der Waals surface area contributed by atoms with E-state index in [2.05, 4.69) is 4.98 Å². The van der Waals surface area contributed by atoms with Crippen LogP contribution in [0, 0.1) is 6.92 Å². The van der Waals surface area contributed by atoms with Crippen molar-refractivity contribution in [1.29, 1.82) is 0 Å². The van der Waals surface area contributed by atoms with Crippen molar-refractivity contribution in [3.63, 3.8) is 0 Å². The summed E-state index contributed by atoms with van der Waals surface area (Å²) in [5, 5.41) is 8.28. The minimum absolute atomic E-state index is 0.145. The lowest BCUT2D eigenvalue weighted by Crippen LogP contribution is -1.99. The number of oxazole rings is 1. The number of rotatable bonds is 2. The van der Waals surface area contributed by atoms with Crippen molar-refractivity contribution in [3.8, 4) is 0 Å². The van der Waals surface area contributed by atoms with Crippen molar-refractivity contribution in [3.05, 3.63) is 17.8 Å². The third-order valence-corrected chi connectivity index (χ3v) is 0.972. The molecule has 1 heterocycles. The molecule has 1 aromatic heterocycles. The Morgan fingerprint density at radius 3 is 3.00 bits per heavy atom. The fourth-order valence-electron chi connectivity index (χ4n) is 0.613. The summed E-state index contributed by atoms with van der Waals surface area (Å²) in [6.45, 7) is 1.72. The summed E-state index contributed by atoms with van der Waals surface area (Å²) in [6.07, 6.45) is 1.35. The van der Waals surface area contributed by atoms with Gasteiger partial charge in [0.05, 0.1) is 6.20 Å². The summed E-state index contributed by atoms with van der Waals surface area (Å²) in [5.41, 5.74) is 0. The molecule has 1 N–H and O–H groups in total. The molecular weight excluding hydrogens is 134 g/mol. The first-order valence-corrected chi connectivity index (χ1v) is 2.81. The molecule has 0 spiro atoms. The van der Waals surface area contributed by atoms with Gasteiger partial charge in [-0.25, -0.2) is 4.98 Å². The summed E-state index contributed by atoms with van der Waals surface area (Å²) < 4.78 is 4.90. The van der Waals surface area contributed by atoms with Crippen LogP contribution < -0.4 is 0 Å². The van der Waals surface area contributed by atoms with Gasteiger partial charge in [-0.3, -0.25) is 4.79 Å². The summed E-state index contributed by atoms with van der Waals surface area (Å²) in [5.74, 6) is -0.0388. The molecule has 0 fully saturated rings. The van der Waals surface area contributed by atoms with Gasteiger partial charge in [0, 0.05) is 0 Å². The summed E-state index contributed by atoms with van der Waals surface area (Å²) in [7, 11) is 0. The molecule has 0 aliphatic carbocycles. The first-order valence-electron chi connectivity index (χ1n) is 2.81. The molecule has 0 atom stereocenters. The van der Waals surface area contributed by atoms with Gasteiger partial charge in [0.25, 0.3) is 0 Å². The first-order chi connectivity index (χ1) is 4.68. The number of aryl methyl sites for hydroxylation is 1. The van der Waals surface area contributed by atoms with E-state index in [0.29, 0.717) is 5.76 Å². The van der Waals surface area contributed by atoms with E-state index in [1.807, 2.05) is 0 Å². The molecule has 4 nitrogen and oxygen atoms in total. The molecule has 0 saturated heterocycles. The number of aliphatic carboxylic acids is 1. The molecule has 0 amide bonds. The largest absolute Gasteiger partial charge is 0.481 e. The van der Waals surface area contributed by atoms with E-state index in [0.717, 1.165) is 0 Å². The van der Waals surface area contributed by atoms with Crippen molar-refractivity contribution in [2.45, 2.75) is 13.3 Å². The number of hydrogen-bond donors (Lipinski definition) is 1. The van der Waals surface area contributed by atoms with Crippen LogP contribution in [0.1, 0.15) is 11.7 Å². The zero-order chi connectivity index (χ0) is 7.56. The van der Waals surface area contributed by atoms with Crippen LogP contribution in [0.15, 0.2) is 10.6 Å². The molecule has 4 heteroatoms. The summed E-state index contributed by atoms with van der Waals surface area (Å²) in [4.78, 5) is 13.8. The Morgan fingerprint density at radius 2 is 2.60 bits per heavy atom. The SMILES string of the molecule is Cc1cnc(CC(=O)O)o1. The number of hydrogen-bond acceptors (Lipinski definition) is 3. The van der Waals surface area contributed by atoms with E-state index in [-0.39, 0.29) is 12.3 Å². The molecule has 0 aromatic carbocycles. The third-order valence-electron chi connectivity index (χ3n) is 0.972. The highest BCUT2D eigenvalue weighted by atomic mass is 16.4. The zero-order valence-corrected chi connectivity index (χ0v) is 5.50. The second-order valence-electron chi connectivity index (χ2n) is 1.94. The maximum Gasteiger partial charge on any atom is 0.312 e. The number of nitrogens with zero attached hydrogens (tertiary/aromatic N) is 1. The Bertz CT molecular complexity index is 241. The number of carboxylic acids is 1. The molecule has 54 valence electrons. The topological polar surface area (TPSA) is 63.3 Å². The minimum atomic E-state index is -0.929. The van der Waals surface area contributed by atoms with Crippen LogP contribution in [0.25, 0.3) is 0 Å². The highest BCUT2D eigenvalue weighted by Crippen LogP contribution is 2.01. The molecular formula is C6H7NO3. The average molecular weight is 141 g/mol. The van der Waals surface area contributed by atoms with Crippen LogP contribution >= 0.6 is 0 Å². The molecule has 0 unspecified atom stereocenters. The molecule has 0 bridgehead atoms. The van der Waals surface area contributed by atoms with Crippen LogP contribution in [0.5, 0.6) is 0 Å². The molecule has 0 radical (unpaired) electrons. The maximum absolute atomic E-state index is 10.1. The van der Waals surface area contributed by atoms with E-state index in [1.165, 1.54) is 6.20 Å². The Hall–Kier alpha value is -1.32. The Kier molecular flexibility index (Phi) is 1.71. The molecule has 1 rings (SSSR count). The van der Waals surface area contributed by atoms with Crippen molar-refractivity contribution in [2.24, 2.45) is 0 Å². The van der Waals surface area contributed by atoms with E-state index in [1.54, 1.807) is 6.92 Å². The maximum atomic E-state index is 10.1. The first kappa shape index (κ1) is 6.80. The predicted octanol–water partition coefficient (Wildman–Crippen LogP) is 0.610. The van der Waals surface area contributed by atoms with Crippen molar-refractivity contribution in [2.75, 3.05) is 0 Å². The van der Waals surface area contributed by atoms with E-state index in [4.69, 9.17) is 9.52 Å². The van der Waals surface area contributed by atoms with Crippen LogP contribution in [0.4, 0.5) is 0 Å². The minimum Gasteiger partial charge on any atom is -0.481 e. The fourth-order valence-corrected chi connectivity index (χ4v) is 0.613. The van der Waals surface area contributed by atoms with Gasteiger partial charge in [0.2, 0.25) is 5.89 Å². The van der Waals surface area contributed by atoms with Gasteiger partial charge in [-0.15, -0.1) is 0 Å². The van der Waals surface area contributed by atoms with Gasteiger partial charge < -0.3 is 9.52 Å². The fraction of sp³-hybridized carbons (Fsp3) is 0.333. The van der Waals surface area contributed by atoms with Crippen LogP contribution in [0.2, 0.25) is 0 Å². The number of aromatic nitrogens is 1. The average Bonchev–Trinajstić information content (AvgIpc) is 2.13. The lowest BCUT2D eigenvalue weighted by atomic mass is 10.4. The molecule has 0 saturated carbocycles. The molecule has 0 aliphatic heterocycles. The lowest BCUT2D eigenvalue weighted by molar-refractivity contribution is -0.136. The van der Waals surface area contributed by atoms with Gasteiger partial charge >= 0.3 is 5.97 Å². The predicted molar refractivity (Wildman–Crippen MR) is 32.6 cm³/mol. The monoisotopic (exact) mass is 141 g/mol. The number of carboxylic acid groups (broad SMARTS) is 1. The van der Waals surface area contributed by atoms with Crippen LogP contribution in [-0.4, -0.2) is 16.1 Å². The highest BCUT2D eigenvalue weighted by Gasteiger charge is 2.04. The standard InChI is InChI=1S/C6H7NO3/c1-4-3-7-5(10-4)2-6(8)9/h3H,2H2,1H3,(H,8,9). The quantitative estimate of drug-likeness (QED) is 0.655. The summed E-state index contributed by atoms with van der Waals surface area (Å²) in [6, 6.07) is 0. The lowest BCUT2D eigenvalue weighted by Gasteiger charge is -1.85. The Balaban J connectivity index is 2.67. The van der Waals surface area contributed by atoms with E-state index < -0.39 is 5.97 Å². The summed E-state index contributed by atoms with van der Waals surface area (Å²) >= 11 is 0. The van der Waals surface area contributed by atoms with Crippen molar-refractivity contribution < 1.29 is 14.3 Å². The van der Waals surface area contributed by atoms with Gasteiger partial charge in [-0.1, -0.05) is 0 Å². The zero-order valence-electron chi connectivity index (χ0n) is 5.50. The van der Waals surface area contributed by atoms with Gasteiger partial charge in [-0.2, -0.15) is 0 Å². The molecule has 0 aliphatic rings. The van der Waals surface area contributed by atoms with Crippen molar-refractivity contribution in [1.82, 2.24) is 4.98 Å². The highest BCUT2D eigenvalue weighted by molar-refractivity contribution is 5.68. The van der Waals surface area contributed by atoms with Gasteiger partial charge in [0.1, 0.15) is 12.2 Å². The third kappa shape index (κ3) is 1.58. The Labute approximate surface area is 57.5 Å². The van der Waals surface area contributed by atoms with E-state index in [9.17, 15) is 4.79 Å². The molecule has 1 aromatic rings. The smallest absolute Gasteiger partial charge is 0.312 e. The molecule has 10 heavy (non-hydrogen) atoms. The normalized spacial score (nSPS) is 9.70. The van der Waals surface area contributed by atoms with Crippen LogP contribution in [-0.2, 0) is 11.2 Å². The second-order valence-corrected chi connectivity index (χ2v) is 1.94. The Morgan fingerprint density at radius 1 is 1.90 bits per heavy atom.